The Balaban J connectivity index is 2.01. The van der Waals surface area contributed by atoms with Crippen LogP contribution in [0.1, 0.15) is 5.56 Å². The lowest BCUT2D eigenvalue weighted by molar-refractivity contribution is -0.111. The van der Waals surface area contributed by atoms with Crippen LogP contribution in [0.5, 0.6) is 5.75 Å². The number of carbonyl (C=O) groups is 1. The predicted molar refractivity (Wildman–Crippen MR) is 89.3 cm³/mol. The summed E-state index contributed by atoms with van der Waals surface area (Å²) in [6, 6.07) is 9.47. The van der Waals surface area contributed by atoms with Crippen LogP contribution in [0.2, 0.25) is 0 Å². The van der Waals surface area contributed by atoms with Gasteiger partial charge in [0.15, 0.2) is 5.82 Å². The summed E-state index contributed by atoms with van der Waals surface area (Å²) in [6.07, 6.45) is 4.58. The van der Waals surface area contributed by atoms with Crippen LogP contribution in [-0.4, -0.2) is 31.6 Å². The van der Waals surface area contributed by atoms with Crippen LogP contribution >= 0.6 is 0 Å². The maximum Gasteiger partial charge on any atom is 0.387 e. The Labute approximate surface area is 138 Å². The number of nitrogens with one attached hydrogen (secondary N) is 1. The number of alkyl halides is 2. The molecule has 7 heteroatoms. The van der Waals surface area contributed by atoms with Gasteiger partial charge in [-0.2, -0.15) is 8.78 Å². The number of hydrogen-bond acceptors (Lipinski definition) is 4. The van der Waals surface area contributed by atoms with Crippen molar-refractivity contribution in [2.75, 3.05) is 24.3 Å². The number of carbonyl (C=O) groups excluding carboxylic acids is 1. The smallest absolute Gasteiger partial charge is 0.387 e. The Morgan fingerprint density at radius 1 is 1.25 bits per heavy atom. The third kappa shape index (κ3) is 5.05. The van der Waals surface area contributed by atoms with Crippen molar-refractivity contribution in [3.63, 3.8) is 0 Å². The Kier molecular flexibility index (Phi) is 5.83. The number of benzene rings is 1. The maximum absolute atomic E-state index is 12.1. The minimum absolute atomic E-state index is 0.0672. The van der Waals surface area contributed by atoms with E-state index in [9.17, 15) is 13.6 Å². The van der Waals surface area contributed by atoms with Crippen molar-refractivity contribution in [1.29, 1.82) is 0 Å². The summed E-state index contributed by atoms with van der Waals surface area (Å²) in [5, 5.41) is 2.75. The summed E-state index contributed by atoms with van der Waals surface area (Å²) in [7, 11) is 3.66. The molecular weight excluding hydrogens is 316 g/mol. The third-order valence-corrected chi connectivity index (χ3v) is 3.00. The zero-order valence-corrected chi connectivity index (χ0v) is 13.2. The standard InChI is InChI=1S/C17H17F2N3O2/c1-22(2)16-14(4-3-11-20-16)21-15(23)10-7-12-5-8-13(9-6-12)24-17(18)19/h3-11,17H,1-2H3,(H,21,23)/b10-7+. The van der Waals surface area contributed by atoms with Gasteiger partial charge in [0.1, 0.15) is 5.75 Å². The van der Waals surface area contributed by atoms with Crippen molar-refractivity contribution >= 4 is 23.5 Å². The molecule has 0 saturated carbocycles. The average Bonchev–Trinajstić information content (AvgIpc) is 2.54. The van der Waals surface area contributed by atoms with Gasteiger partial charge in [-0.25, -0.2) is 4.98 Å². The van der Waals surface area contributed by atoms with E-state index in [1.54, 1.807) is 41.4 Å². The van der Waals surface area contributed by atoms with E-state index in [0.717, 1.165) is 0 Å². The van der Waals surface area contributed by atoms with Gasteiger partial charge in [-0.15, -0.1) is 0 Å². The van der Waals surface area contributed by atoms with Gasteiger partial charge >= 0.3 is 6.61 Å². The minimum Gasteiger partial charge on any atom is -0.435 e. The molecule has 0 saturated heterocycles. The highest BCUT2D eigenvalue weighted by Gasteiger charge is 2.07. The van der Waals surface area contributed by atoms with Crippen LogP contribution in [0, 0.1) is 0 Å². The van der Waals surface area contributed by atoms with E-state index in [0.29, 0.717) is 17.1 Å². The molecular formula is C17H17F2N3O2. The molecule has 1 N–H and O–H groups in total. The highest BCUT2D eigenvalue weighted by Crippen LogP contribution is 2.20. The van der Waals surface area contributed by atoms with E-state index in [1.807, 2.05) is 14.1 Å². The fourth-order valence-corrected chi connectivity index (χ4v) is 1.96. The second-order valence-electron chi connectivity index (χ2n) is 5.04. The van der Waals surface area contributed by atoms with Crippen molar-refractivity contribution in [2.24, 2.45) is 0 Å². The van der Waals surface area contributed by atoms with Crippen LogP contribution in [0.25, 0.3) is 6.08 Å². The Morgan fingerprint density at radius 3 is 2.58 bits per heavy atom. The number of pyridine rings is 1. The van der Waals surface area contributed by atoms with Crippen LogP contribution in [0.3, 0.4) is 0 Å². The second kappa shape index (κ2) is 8.05. The Bertz CT molecular complexity index is 716. The summed E-state index contributed by atoms with van der Waals surface area (Å²) in [5.41, 5.74) is 1.28. The van der Waals surface area contributed by atoms with Crippen molar-refractivity contribution in [2.45, 2.75) is 6.61 Å². The second-order valence-corrected chi connectivity index (χ2v) is 5.04. The number of anilines is 2. The molecule has 0 aliphatic rings. The fraction of sp³-hybridized carbons (Fsp3) is 0.176. The first kappa shape index (κ1) is 17.4. The molecule has 1 aromatic heterocycles. The first-order chi connectivity index (χ1) is 11.5. The molecule has 24 heavy (non-hydrogen) atoms. The highest BCUT2D eigenvalue weighted by atomic mass is 19.3. The number of aromatic nitrogens is 1. The van der Waals surface area contributed by atoms with Crippen molar-refractivity contribution in [3.8, 4) is 5.75 Å². The predicted octanol–water partition coefficient (Wildman–Crippen LogP) is 3.40. The number of halogens is 2. The zero-order valence-electron chi connectivity index (χ0n) is 13.2. The number of rotatable bonds is 6. The zero-order chi connectivity index (χ0) is 17.5. The molecule has 126 valence electrons. The molecule has 0 unspecified atom stereocenters. The molecule has 0 spiro atoms. The van der Waals surface area contributed by atoms with Crippen molar-refractivity contribution in [3.05, 3.63) is 54.2 Å². The summed E-state index contributed by atoms with van der Waals surface area (Å²) in [6.45, 7) is -2.86. The Hall–Kier alpha value is -2.96. The molecule has 0 fully saturated rings. The third-order valence-electron chi connectivity index (χ3n) is 3.00. The average molecular weight is 333 g/mol. The van der Waals surface area contributed by atoms with Gasteiger partial charge in [-0.05, 0) is 35.9 Å². The molecule has 2 aromatic rings. The first-order valence-electron chi connectivity index (χ1n) is 7.12. The van der Waals surface area contributed by atoms with E-state index in [4.69, 9.17) is 0 Å². The number of ether oxygens (including phenoxy) is 1. The van der Waals surface area contributed by atoms with Gasteiger partial charge in [-0.1, -0.05) is 12.1 Å². The molecule has 0 atom stereocenters. The molecule has 2 rings (SSSR count). The summed E-state index contributed by atoms with van der Waals surface area (Å²) >= 11 is 0. The quantitative estimate of drug-likeness (QED) is 0.823. The van der Waals surface area contributed by atoms with Crippen LogP contribution in [-0.2, 0) is 4.79 Å². The molecule has 0 aliphatic carbocycles. The lowest BCUT2D eigenvalue weighted by Gasteiger charge is -2.15. The molecule has 1 amide bonds. The normalized spacial score (nSPS) is 10.9. The lowest BCUT2D eigenvalue weighted by Crippen LogP contribution is -2.16. The van der Waals surface area contributed by atoms with Gasteiger partial charge in [0.25, 0.3) is 0 Å². The van der Waals surface area contributed by atoms with Gasteiger partial charge in [-0.3, -0.25) is 4.79 Å². The summed E-state index contributed by atoms with van der Waals surface area (Å²) in [4.78, 5) is 18.0. The topological polar surface area (TPSA) is 54.5 Å². The first-order valence-corrected chi connectivity index (χ1v) is 7.12. The number of nitrogens with zero attached hydrogens (tertiary/aromatic N) is 2. The number of hydrogen-bond donors (Lipinski definition) is 1. The molecule has 0 aliphatic heterocycles. The van der Waals surface area contributed by atoms with Crippen molar-refractivity contribution in [1.82, 2.24) is 4.98 Å². The minimum atomic E-state index is -2.86. The van der Waals surface area contributed by atoms with E-state index in [2.05, 4.69) is 15.0 Å². The lowest BCUT2D eigenvalue weighted by atomic mass is 10.2. The van der Waals surface area contributed by atoms with E-state index >= 15 is 0 Å². The molecule has 0 bridgehead atoms. The molecule has 1 heterocycles. The molecule has 5 nitrogen and oxygen atoms in total. The highest BCUT2D eigenvalue weighted by molar-refractivity contribution is 6.03. The van der Waals surface area contributed by atoms with Gasteiger partial charge in [0.2, 0.25) is 5.91 Å². The fourth-order valence-electron chi connectivity index (χ4n) is 1.96. The van der Waals surface area contributed by atoms with Gasteiger partial charge < -0.3 is 15.0 Å². The van der Waals surface area contributed by atoms with Gasteiger partial charge in [0, 0.05) is 26.4 Å². The Morgan fingerprint density at radius 2 is 1.96 bits per heavy atom. The SMILES string of the molecule is CN(C)c1ncccc1NC(=O)/C=C/c1ccc(OC(F)F)cc1. The van der Waals surface area contributed by atoms with E-state index in [1.165, 1.54) is 18.2 Å². The van der Waals surface area contributed by atoms with Crippen molar-refractivity contribution < 1.29 is 18.3 Å². The van der Waals surface area contributed by atoms with E-state index in [-0.39, 0.29) is 11.7 Å². The monoisotopic (exact) mass is 333 g/mol. The summed E-state index contributed by atoms with van der Waals surface area (Å²) in [5.74, 6) is 0.393. The van der Waals surface area contributed by atoms with Crippen LogP contribution in [0.15, 0.2) is 48.7 Å². The summed E-state index contributed by atoms with van der Waals surface area (Å²) < 4.78 is 28.4. The van der Waals surface area contributed by atoms with E-state index < -0.39 is 6.61 Å². The molecule has 0 radical (unpaired) electrons. The van der Waals surface area contributed by atoms with Crippen LogP contribution < -0.4 is 15.0 Å². The van der Waals surface area contributed by atoms with Crippen LogP contribution in [0.4, 0.5) is 20.3 Å². The van der Waals surface area contributed by atoms with Gasteiger partial charge in [0.05, 0.1) is 5.69 Å². The maximum atomic E-state index is 12.1. The molecule has 1 aromatic carbocycles. The number of amides is 1. The largest absolute Gasteiger partial charge is 0.435 e.